The van der Waals surface area contributed by atoms with Gasteiger partial charge in [-0.1, -0.05) is 0 Å². The van der Waals surface area contributed by atoms with Crippen LogP contribution in [0.1, 0.15) is 18.4 Å². The summed E-state index contributed by atoms with van der Waals surface area (Å²) in [6.07, 6.45) is 0. The Morgan fingerprint density at radius 3 is 2.70 bits per heavy atom. The molecule has 10 heavy (non-hydrogen) atoms. The van der Waals surface area contributed by atoms with E-state index in [1.54, 1.807) is 6.92 Å². The molecule has 0 aliphatic rings. The van der Waals surface area contributed by atoms with Gasteiger partial charge in [-0.25, -0.2) is 0 Å². The molecule has 1 heterocycles. The summed E-state index contributed by atoms with van der Waals surface area (Å²) in [6, 6.07) is 3.73. The SMILES string of the molecule is CC(=NN)c1ccc(C)o1. The maximum absolute atomic E-state index is 5.23. The zero-order valence-electron chi connectivity index (χ0n) is 6.09. The molecule has 0 radical (unpaired) electrons. The van der Waals surface area contributed by atoms with Gasteiger partial charge in [0, 0.05) is 0 Å². The van der Waals surface area contributed by atoms with Gasteiger partial charge in [-0.15, -0.1) is 0 Å². The third kappa shape index (κ3) is 1.18. The first-order valence-electron chi connectivity index (χ1n) is 3.05. The first kappa shape index (κ1) is 6.86. The highest BCUT2D eigenvalue weighted by molar-refractivity contribution is 5.95. The second-order valence-corrected chi connectivity index (χ2v) is 2.12. The summed E-state index contributed by atoms with van der Waals surface area (Å²) < 4.78 is 5.23. The minimum absolute atomic E-state index is 0.716. The number of hydrazone groups is 1. The van der Waals surface area contributed by atoms with Gasteiger partial charge in [-0.05, 0) is 26.0 Å². The minimum Gasteiger partial charge on any atom is -0.460 e. The molecule has 0 aliphatic carbocycles. The van der Waals surface area contributed by atoms with Crippen LogP contribution in [-0.4, -0.2) is 5.71 Å². The number of furan rings is 1. The van der Waals surface area contributed by atoms with Crippen molar-refractivity contribution in [1.29, 1.82) is 0 Å². The predicted octanol–water partition coefficient (Wildman–Crippen LogP) is 1.27. The smallest absolute Gasteiger partial charge is 0.149 e. The van der Waals surface area contributed by atoms with E-state index in [0.29, 0.717) is 5.71 Å². The van der Waals surface area contributed by atoms with E-state index in [4.69, 9.17) is 10.3 Å². The lowest BCUT2D eigenvalue weighted by molar-refractivity contribution is 0.525. The molecule has 0 amide bonds. The van der Waals surface area contributed by atoms with Gasteiger partial charge in [0.25, 0.3) is 0 Å². The van der Waals surface area contributed by atoms with Crippen molar-refractivity contribution >= 4 is 5.71 Å². The quantitative estimate of drug-likeness (QED) is 0.361. The van der Waals surface area contributed by atoms with E-state index in [1.165, 1.54) is 0 Å². The molecule has 2 N–H and O–H groups in total. The molecule has 0 bridgehead atoms. The number of hydrogen-bond acceptors (Lipinski definition) is 3. The zero-order chi connectivity index (χ0) is 7.56. The van der Waals surface area contributed by atoms with Crippen molar-refractivity contribution in [2.24, 2.45) is 10.9 Å². The summed E-state index contributed by atoms with van der Waals surface area (Å²) >= 11 is 0. The van der Waals surface area contributed by atoms with Gasteiger partial charge in [-0.3, -0.25) is 0 Å². The second-order valence-electron chi connectivity index (χ2n) is 2.12. The highest BCUT2D eigenvalue weighted by Crippen LogP contribution is 2.06. The molecule has 0 aromatic carbocycles. The normalized spacial score (nSPS) is 12.0. The number of hydrogen-bond donors (Lipinski definition) is 1. The van der Waals surface area contributed by atoms with Crippen molar-refractivity contribution in [2.75, 3.05) is 0 Å². The molecule has 3 nitrogen and oxygen atoms in total. The molecule has 54 valence electrons. The monoisotopic (exact) mass is 138 g/mol. The molecule has 3 heteroatoms. The van der Waals surface area contributed by atoms with Crippen LogP contribution in [0.15, 0.2) is 21.7 Å². The van der Waals surface area contributed by atoms with E-state index in [9.17, 15) is 0 Å². The summed E-state index contributed by atoms with van der Waals surface area (Å²) in [6.45, 7) is 3.69. The molecule has 1 rings (SSSR count). The Balaban J connectivity index is 2.95. The van der Waals surface area contributed by atoms with Gasteiger partial charge in [-0.2, -0.15) is 5.10 Å². The molecule has 0 fully saturated rings. The number of rotatable bonds is 1. The lowest BCUT2D eigenvalue weighted by atomic mass is 10.3. The average Bonchev–Trinajstić information content (AvgIpc) is 2.34. The first-order chi connectivity index (χ1) is 4.74. The molecule has 0 aliphatic heterocycles. The lowest BCUT2D eigenvalue weighted by Gasteiger charge is -1.89. The van der Waals surface area contributed by atoms with Crippen LogP contribution < -0.4 is 5.84 Å². The summed E-state index contributed by atoms with van der Waals surface area (Å²) in [5.41, 5.74) is 0.716. The van der Waals surface area contributed by atoms with Crippen molar-refractivity contribution in [1.82, 2.24) is 0 Å². The standard InChI is InChI=1S/C7H10N2O/c1-5-3-4-7(10-5)6(2)9-8/h3-4H,8H2,1-2H3. The Morgan fingerprint density at radius 2 is 2.30 bits per heavy atom. The number of aryl methyl sites for hydroxylation is 1. The predicted molar refractivity (Wildman–Crippen MR) is 39.8 cm³/mol. The molecule has 1 aromatic rings. The van der Waals surface area contributed by atoms with Crippen LogP contribution >= 0.6 is 0 Å². The van der Waals surface area contributed by atoms with Crippen LogP contribution in [0.25, 0.3) is 0 Å². The van der Waals surface area contributed by atoms with Crippen molar-refractivity contribution in [3.8, 4) is 0 Å². The molecule has 0 saturated carbocycles. The third-order valence-corrected chi connectivity index (χ3v) is 1.29. The topological polar surface area (TPSA) is 51.5 Å². The summed E-state index contributed by atoms with van der Waals surface area (Å²) in [7, 11) is 0. The average molecular weight is 138 g/mol. The van der Waals surface area contributed by atoms with Gasteiger partial charge < -0.3 is 10.3 Å². The van der Waals surface area contributed by atoms with Gasteiger partial charge in [0.05, 0.1) is 5.71 Å². The fraction of sp³-hybridized carbons (Fsp3) is 0.286. The lowest BCUT2D eigenvalue weighted by Crippen LogP contribution is -1.95. The highest BCUT2D eigenvalue weighted by atomic mass is 16.3. The van der Waals surface area contributed by atoms with E-state index < -0.39 is 0 Å². The molecular formula is C7H10N2O. The second kappa shape index (κ2) is 2.56. The van der Waals surface area contributed by atoms with E-state index in [2.05, 4.69) is 5.10 Å². The fourth-order valence-corrected chi connectivity index (χ4v) is 0.693. The fourth-order valence-electron chi connectivity index (χ4n) is 0.693. The van der Waals surface area contributed by atoms with Crippen LogP contribution in [0.3, 0.4) is 0 Å². The zero-order valence-corrected chi connectivity index (χ0v) is 6.09. The Bertz CT molecular complexity index is 250. The maximum Gasteiger partial charge on any atom is 0.149 e. The summed E-state index contributed by atoms with van der Waals surface area (Å²) in [5, 5.41) is 3.49. The van der Waals surface area contributed by atoms with Crippen molar-refractivity contribution in [3.05, 3.63) is 23.7 Å². The Morgan fingerprint density at radius 1 is 1.60 bits per heavy atom. The Hall–Kier alpha value is -1.25. The van der Waals surface area contributed by atoms with E-state index >= 15 is 0 Å². The van der Waals surface area contributed by atoms with Crippen LogP contribution in [-0.2, 0) is 0 Å². The Labute approximate surface area is 59.5 Å². The van der Waals surface area contributed by atoms with Crippen LogP contribution in [0.2, 0.25) is 0 Å². The first-order valence-corrected chi connectivity index (χ1v) is 3.05. The van der Waals surface area contributed by atoms with Crippen molar-refractivity contribution in [2.45, 2.75) is 13.8 Å². The van der Waals surface area contributed by atoms with E-state index in [-0.39, 0.29) is 0 Å². The number of nitrogens with zero attached hydrogens (tertiary/aromatic N) is 1. The van der Waals surface area contributed by atoms with Crippen molar-refractivity contribution < 1.29 is 4.42 Å². The van der Waals surface area contributed by atoms with E-state index in [1.807, 2.05) is 19.1 Å². The van der Waals surface area contributed by atoms with Gasteiger partial charge >= 0.3 is 0 Å². The largest absolute Gasteiger partial charge is 0.460 e. The third-order valence-electron chi connectivity index (χ3n) is 1.29. The molecule has 0 saturated heterocycles. The van der Waals surface area contributed by atoms with Crippen LogP contribution in [0.5, 0.6) is 0 Å². The van der Waals surface area contributed by atoms with Gasteiger partial charge in [0.2, 0.25) is 0 Å². The summed E-state index contributed by atoms with van der Waals surface area (Å²) in [4.78, 5) is 0. The maximum atomic E-state index is 5.23. The summed E-state index contributed by atoms with van der Waals surface area (Å²) in [5.74, 6) is 6.65. The Kier molecular flexibility index (Phi) is 1.76. The van der Waals surface area contributed by atoms with Gasteiger partial charge in [0.15, 0.2) is 0 Å². The van der Waals surface area contributed by atoms with Crippen LogP contribution in [0, 0.1) is 6.92 Å². The molecule has 0 atom stereocenters. The van der Waals surface area contributed by atoms with Crippen molar-refractivity contribution in [3.63, 3.8) is 0 Å². The van der Waals surface area contributed by atoms with Gasteiger partial charge in [0.1, 0.15) is 11.5 Å². The molecule has 0 spiro atoms. The minimum atomic E-state index is 0.716. The number of nitrogens with two attached hydrogens (primary N) is 1. The molecule has 0 unspecified atom stereocenters. The highest BCUT2D eigenvalue weighted by Gasteiger charge is 1.99. The molecular weight excluding hydrogens is 128 g/mol. The van der Waals surface area contributed by atoms with E-state index in [0.717, 1.165) is 11.5 Å². The van der Waals surface area contributed by atoms with Crippen LogP contribution in [0.4, 0.5) is 0 Å². The molecule has 1 aromatic heterocycles.